The molecule has 0 radical (unpaired) electrons. The van der Waals surface area contributed by atoms with Crippen LogP contribution in [0.25, 0.3) is 0 Å². The Labute approximate surface area is 169 Å². The molecule has 3 nitrogen and oxygen atoms in total. The Morgan fingerprint density at radius 3 is 1.79 bits per heavy atom. The fourth-order valence-corrected chi connectivity index (χ4v) is 1.93. The van der Waals surface area contributed by atoms with Crippen LogP contribution in [0.5, 0.6) is 0 Å². The Morgan fingerprint density at radius 2 is 1.33 bits per heavy atom. The van der Waals surface area contributed by atoms with Crippen molar-refractivity contribution in [2.75, 3.05) is 0 Å². The molecule has 0 rings (SSSR count). The quantitative estimate of drug-likeness (QED) is 0.289. The summed E-state index contributed by atoms with van der Waals surface area (Å²) in [6.45, 7) is 2.22. The van der Waals surface area contributed by atoms with Crippen molar-refractivity contribution in [3.05, 3.63) is 48.6 Å². The van der Waals surface area contributed by atoms with E-state index in [1.54, 1.807) is 0 Å². The first-order valence-electron chi connectivity index (χ1n) is 8.67. The average Bonchev–Trinajstić information content (AvgIpc) is 2.54. The smallest absolute Gasteiger partial charge is 0.547 e. The number of aliphatic hydroxyl groups is 1. The topological polar surface area (TPSA) is 60.4 Å². The zero-order chi connectivity index (χ0) is 17.2. The van der Waals surface area contributed by atoms with Crippen LogP contribution in [0.2, 0.25) is 0 Å². The fraction of sp³-hybridized carbons (Fsp3) is 0.550. The molecular weight excluding hydrogens is 311 g/mol. The molecule has 0 aliphatic carbocycles. The first-order valence-corrected chi connectivity index (χ1v) is 8.67. The molecule has 0 aliphatic heterocycles. The van der Waals surface area contributed by atoms with E-state index in [9.17, 15) is 9.90 Å². The number of unbranched alkanes of at least 4 members (excludes halogenated alkanes) is 3. The normalized spacial score (nSPS) is 13.2. The van der Waals surface area contributed by atoms with E-state index in [0.29, 0.717) is 6.42 Å². The zero-order valence-electron chi connectivity index (χ0n) is 15.3. The van der Waals surface area contributed by atoms with Crippen molar-refractivity contribution in [1.29, 1.82) is 0 Å². The van der Waals surface area contributed by atoms with Crippen LogP contribution in [0.15, 0.2) is 48.6 Å². The molecule has 0 spiro atoms. The molecule has 0 aromatic heterocycles. The standard InChI is InChI=1S/C20H32O3.Na/c1-2-3-4-5-6-7-8-9-10-11-12-13-14-15-16-17-18-19(21)20(22)23;/h6-7,9-10,12-13,15-16,19,21H,2-5,8,11,14,17-18H2,1H3,(H,22,23);/q;+1/p-1/b7-6-,10-9-,13-12-,16-15-;. The number of allylic oxidation sites excluding steroid dienone is 8. The third-order valence-electron chi connectivity index (χ3n) is 3.34. The van der Waals surface area contributed by atoms with Gasteiger partial charge in [0.25, 0.3) is 0 Å². The molecule has 0 amide bonds. The molecule has 130 valence electrons. The van der Waals surface area contributed by atoms with Gasteiger partial charge in [0, 0.05) is 0 Å². The van der Waals surface area contributed by atoms with Crippen LogP contribution in [-0.4, -0.2) is 17.2 Å². The van der Waals surface area contributed by atoms with Crippen LogP contribution in [0.3, 0.4) is 0 Å². The molecular formula is C20H31NaO3. The molecule has 0 bridgehead atoms. The van der Waals surface area contributed by atoms with E-state index in [2.05, 4.69) is 43.4 Å². The summed E-state index contributed by atoms with van der Waals surface area (Å²) in [6, 6.07) is 0. The van der Waals surface area contributed by atoms with Crippen molar-refractivity contribution in [2.45, 2.75) is 70.8 Å². The Balaban J connectivity index is 0. The summed E-state index contributed by atoms with van der Waals surface area (Å²) >= 11 is 0. The van der Waals surface area contributed by atoms with Crippen molar-refractivity contribution < 1.29 is 44.6 Å². The van der Waals surface area contributed by atoms with Gasteiger partial charge in [0.05, 0.1) is 12.1 Å². The summed E-state index contributed by atoms with van der Waals surface area (Å²) in [7, 11) is 0. The van der Waals surface area contributed by atoms with Crippen molar-refractivity contribution >= 4 is 5.97 Å². The van der Waals surface area contributed by atoms with Crippen molar-refractivity contribution in [3.63, 3.8) is 0 Å². The molecule has 0 saturated heterocycles. The third kappa shape index (κ3) is 19.4. The number of hydrogen-bond donors (Lipinski definition) is 1. The van der Waals surface area contributed by atoms with E-state index in [0.717, 1.165) is 19.3 Å². The van der Waals surface area contributed by atoms with Crippen LogP contribution >= 0.6 is 0 Å². The van der Waals surface area contributed by atoms with Crippen LogP contribution < -0.4 is 34.7 Å². The van der Waals surface area contributed by atoms with E-state index in [1.807, 2.05) is 12.2 Å². The predicted molar refractivity (Wildman–Crippen MR) is 94.8 cm³/mol. The first kappa shape index (κ1) is 25.6. The Bertz CT molecular complexity index is 398. The minimum Gasteiger partial charge on any atom is -0.547 e. The number of carbonyl (C=O) groups is 1. The van der Waals surface area contributed by atoms with Crippen LogP contribution in [-0.2, 0) is 4.79 Å². The van der Waals surface area contributed by atoms with Gasteiger partial charge in [-0.1, -0.05) is 68.4 Å². The van der Waals surface area contributed by atoms with E-state index in [1.165, 1.54) is 25.7 Å². The summed E-state index contributed by atoms with van der Waals surface area (Å²) in [6.07, 6.45) is 24.1. The van der Waals surface area contributed by atoms with Gasteiger partial charge in [0.2, 0.25) is 0 Å². The fourth-order valence-electron chi connectivity index (χ4n) is 1.93. The van der Waals surface area contributed by atoms with Crippen LogP contribution in [0.4, 0.5) is 0 Å². The maximum absolute atomic E-state index is 10.3. The SMILES string of the molecule is CCCCC/C=C\C/C=C\C/C=C\C/C=C\CCC(O)C(=O)[O-].[Na+]. The molecule has 0 aromatic rings. The second-order valence-electron chi connectivity index (χ2n) is 5.50. The molecule has 1 atom stereocenters. The molecule has 4 heteroatoms. The second kappa shape index (κ2) is 20.4. The Morgan fingerprint density at radius 1 is 0.875 bits per heavy atom. The minimum atomic E-state index is -1.40. The number of carboxylic acids is 1. The van der Waals surface area contributed by atoms with Gasteiger partial charge in [0.15, 0.2) is 0 Å². The molecule has 0 fully saturated rings. The Kier molecular flexibility index (Phi) is 21.8. The molecule has 0 saturated carbocycles. The third-order valence-corrected chi connectivity index (χ3v) is 3.34. The van der Waals surface area contributed by atoms with Gasteiger partial charge in [-0.05, 0) is 44.9 Å². The van der Waals surface area contributed by atoms with E-state index >= 15 is 0 Å². The minimum absolute atomic E-state index is 0. The summed E-state index contributed by atoms with van der Waals surface area (Å²) in [5, 5.41) is 19.3. The number of aliphatic carboxylic acids is 1. The molecule has 0 aliphatic rings. The molecule has 1 unspecified atom stereocenters. The summed E-state index contributed by atoms with van der Waals surface area (Å²) in [4.78, 5) is 10.3. The Hall–Kier alpha value is -0.610. The molecule has 1 N–H and O–H groups in total. The monoisotopic (exact) mass is 342 g/mol. The summed E-state index contributed by atoms with van der Waals surface area (Å²) in [5.41, 5.74) is 0. The molecule has 0 aromatic carbocycles. The van der Waals surface area contributed by atoms with Crippen molar-refractivity contribution in [3.8, 4) is 0 Å². The van der Waals surface area contributed by atoms with Gasteiger partial charge >= 0.3 is 29.6 Å². The van der Waals surface area contributed by atoms with Gasteiger partial charge < -0.3 is 15.0 Å². The van der Waals surface area contributed by atoms with E-state index < -0.39 is 12.1 Å². The second-order valence-corrected chi connectivity index (χ2v) is 5.50. The number of hydrogen-bond acceptors (Lipinski definition) is 3. The number of rotatable bonds is 14. The van der Waals surface area contributed by atoms with Gasteiger partial charge in [-0.15, -0.1) is 0 Å². The van der Waals surface area contributed by atoms with Crippen molar-refractivity contribution in [1.82, 2.24) is 0 Å². The molecule has 0 heterocycles. The number of carboxylic acid groups (broad SMARTS) is 1. The molecule has 24 heavy (non-hydrogen) atoms. The number of carbonyl (C=O) groups excluding carboxylic acids is 1. The average molecular weight is 342 g/mol. The van der Waals surface area contributed by atoms with E-state index in [4.69, 9.17) is 5.11 Å². The maximum atomic E-state index is 10.3. The van der Waals surface area contributed by atoms with Crippen molar-refractivity contribution in [2.24, 2.45) is 0 Å². The van der Waals surface area contributed by atoms with Gasteiger partial charge in [-0.25, -0.2) is 0 Å². The van der Waals surface area contributed by atoms with Gasteiger partial charge in [-0.3, -0.25) is 0 Å². The van der Waals surface area contributed by atoms with Gasteiger partial charge in [-0.2, -0.15) is 0 Å². The van der Waals surface area contributed by atoms with Crippen LogP contribution in [0.1, 0.15) is 64.7 Å². The van der Waals surface area contributed by atoms with Gasteiger partial charge in [0.1, 0.15) is 0 Å². The predicted octanol–water partition coefficient (Wildman–Crippen LogP) is 0.857. The number of aliphatic hydroxyl groups excluding tert-OH is 1. The zero-order valence-corrected chi connectivity index (χ0v) is 17.3. The summed E-state index contributed by atoms with van der Waals surface area (Å²) < 4.78 is 0. The van der Waals surface area contributed by atoms with E-state index in [-0.39, 0.29) is 36.0 Å². The maximum Gasteiger partial charge on any atom is 1.00 e. The summed E-state index contributed by atoms with van der Waals surface area (Å²) in [5.74, 6) is -1.40. The largest absolute Gasteiger partial charge is 1.00 e. The first-order chi connectivity index (χ1) is 11.2. The van der Waals surface area contributed by atoms with Crippen LogP contribution in [0, 0.1) is 0 Å².